The number of hydrogen-bond acceptors (Lipinski definition) is 5. The van der Waals surface area contributed by atoms with Crippen LogP contribution in [0.4, 0.5) is 0 Å². The van der Waals surface area contributed by atoms with Crippen LogP contribution in [0.3, 0.4) is 0 Å². The van der Waals surface area contributed by atoms with Crippen LogP contribution in [0.1, 0.15) is 20.2 Å². The number of nitrogens with zero attached hydrogens (tertiary/aromatic N) is 4. The van der Waals surface area contributed by atoms with E-state index < -0.39 is 0 Å². The summed E-state index contributed by atoms with van der Waals surface area (Å²) in [5.74, 6) is -0.0945. The molecule has 1 saturated heterocycles. The van der Waals surface area contributed by atoms with Crippen LogP contribution >= 0.6 is 11.3 Å². The molecule has 21 heavy (non-hydrogen) atoms. The molecule has 0 aromatic carbocycles. The normalized spacial score (nSPS) is 15.0. The number of carbonyl (C=O) groups is 2. The molecule has 3 rings (SSSR count). The van der Waals surface area contributed by atoms with Crippen molar-refractivity contribution in [2.24, 2.45) is 0 Å². The Balaban J connectivity index is 1.60. The zero-order chi connectivity index (χ0) is 14.7. The van der Waals surface area contributed by atoms with Crippen LogP contribution in [0.15, 0.2) is 36.1 Å². The minimum atomic E-state index is -0.133. The van der Waals surface area contributed by atoms with Crippen molar-refractivity contribution in [2.75, 3.05) is 26.2 Å². The Kier molecular flexibility index (Phi) is 3.92. The van der Waals surface area contributed by atoms with Gasteiger partial charge in [0.15, 0.2) is 0 Å². The molecule has 0 radical (unpaired) electrons. The van der Waals surface area contributed by atoms with Crippen LogP contribution < -0.4 is 0 Å². The summed E-state index contributed by atoms with van der Waals surface area (Å²) < 4.78 is 0. The lowest BCUT2D eigenvalue weighted by Crippen LogP contribution is -2.50. The molecule has 0 unspecified atom stereocenters. The predicted octanol–water partition coefficient (Wildman–Crippen LogP) is 1.14. The minimum Gasteiger partial charge on any atom is -0.334 e. The smallest absolute Gasteiger partial charge is 0.274 e. The molecule has 6 nitrogen and oxygen atoms in total. The van der Waals surface area contributed by atoms with Gasteiger partial charge in [0.05, 0.1) is 11.1 Å². The summed E-state index contributed by atoms with van der Waals surface area (Å²) in [7, 11) is 0. The summed E-state index contributed by atoms with van der Waals surface area (Å²) in [5.41, 5.74) is 0.343. The standard InChI is InChI=1S/C14H14N4O2S/c19-13(11-10-15-3-4-16-11)17-5-7-18(8-6-17)14(20)12-2-1-9-21-12/h1-4,9-10H,5-8H2. The number of aromatic nitrogens is 2. The molecule has 1 aliphatic heterocycles. The predicted molar refractivity (Wildman–Crippen MR) is 78.2 cm³/mol. The van der Waals surface area contributed by atoms with Crippen molar-refractivity contribution in [3.63, 3.8) is 0 Å². The van der Waals surface area contributed by atoms with Gasteiger partial charge in [-0.3, -0.25) is 14.6 Å². The number of amides is 2. The largest absolute Gasteiger partial charge is 0.334 e. The van der Waals surface area contributed by atoms with Gasteiger partial charge >= 0.3 is 0 Å². The molecule has 0 bridgehead atoms. The van der Waals surface area contributed by atoms with Crippen molar-refractivity contribution in [1.29, 1.82) is 0 Å². The maximum Gasteiger partial charge on any atom is 0.274 e. The van der Waals surface area contributed by atoms with Crippen LogP contribution in [-0.4, -0.2) is 57.8 Å². The number of rotatable bonds is 2. The summed E-state index contributed by atoms with van der Waals surface area (Å²) in [5, 5.41) is 1.89. The van der Waals surface area contributed by atoms with Gasteiger partial charge in [-0.25, -0.2) is 4.98 Å². The van der Waals surface area contributed by atoms with Gasteiger partial charge in [-0.2, -0.15) is 0 Å². The van der Waals surface area contributed by atoms with E-state index in [0.29, 0.717) is 31.9 Å². The highest BCUT2D eigenvalue weighted by molar-refractivity contribution is 7.12. The maximum atomic E-state index is 12.2. The van der Waals surface area contributed by atoms with E-state index in [1.165, 1.54) is 29.9 Å². The molecule has 0 atom stereocenters. The Bertz CT molecular complexity index is 622. The van der Waals surface area contributed by atoms with E-state index in [1.807, 2.05) is 17.5 Å². The monoisotopic (exact) mass is 302 g/mol. The van der Waals surface area contributed by atoms with Gasteiger partial charge in [0.1, 0.15) is 5.69 Å². The molecule has 2 amide bonds. The minimum absolute atomic E-state index is 0.0385. The second-order valence-corrected chi connectivity index (χ2v) is 5.60. The van der Waals surface area contributed by atoms with Gasteiger partial charge < -0.3 is 9.80 Å². The fourth-order valence-corrected chi connectivity index (χ4v) is 2.93. The molecule has 0 aliphatic carbocycles. The van der Waals surface area contributed by atoms with E-state index in [0.717, 1.165) is 4.88 Å². The average molecular weight is 302 g/mol. The maximum absolute atomic E-state index is 12.2. The number of carbonyl (C=O) groups excluding carboxylic acids is 2. The highest BCUT2D eigenvalue weighted by atomic mass is 32.1. The van der Waals surface area contributed by atoms with E-state index in [9.17, 15) is 9.59 Å². The molecule has 2 aromatic rings. The van der Waals surface area contributed by atoms with Crippen molar-refractivity contribution in [3.05, 3.63) is 46.7 Å². The molecule has 2 aromatic heterocycles. The first-order valence-corrected chi connectivity index (χ1v) is 7.52. The van der Waals surface area contributed by atoms with Crippen LogP contribution in [0.25, 0.3) is 0 Å². The molecule has 3 heterocycles. The zero-order valence-corrected chi connectivity index (χ0v) is 12.1. The van der Waals surface area contributed by atoms with Gasteiger partial charge in [-0.1, -0.05) is 6.07 Å². The van der Waals surface area contributed by atoms with Gasteiger partial charge in [0, 0.05) is 38.6 Å². The third-order valence-electron chi connectivity index (χ3n) is 3.37. The summed E-state index contributed by atoms with van der Waals surface area (Å²) in [6.07, 6.45) is 4.50. The van der Waals surface area contributed by atoms with Crippen molar-refractivity contribution < 1.29 is 9.59 Å². The van der Waals surface area contributed by atoms with E-state index in [-0.39, 0.29) is 11.8 Å². The third-order valence-corrected chi connectivity index (χ3v) is 4.23. The fourth-order valence-electron chi connectivity index (χ4n) is 2.24. The lowest BCUT2D eigenvalue weighted by Gasteiger charge is -2.34. The van der Waals surface area contributed by atoms with E-state index in [1.54, 1.807) is 9.80 Å². The molecule has 0 saturated carbocycles. The lowest BCUT2D eigenvalue weighted by molar-refractivity contribution is 0.0534. The van der Waals surface area contributed by atoms with Gasteiger partial charge in [-0.15, -0.1) is 11.3 Å². The molecule has 0 N–H and O–H groups in total. The first-order chi connectivity index (χ1) is 10.3. The van der Waals surface area contributed by atoms with Crippen LogP contribution in [0.2, 0.25) is 0 Å². The van der Waals surface area contributed by atoms with Crippen molar-refractivity contribution >= 4 is 23.2 Å². The SMILES string of the molecule is O=C(c1cnccn1)N1CCN(C(=O)c2cccs2)CC1. The summed E-state index contributed by atoms with van der Waals surface area (Å²) in [6.45, 7) is 2.13. The average Bonchev–Trinajstić information content (AvgIpc) is 3.09. The van der Waals surface area contributed by atoms with Crippen molar-refractivity contribution in [2.45, 2.75) is 0 Å². The molecular weight excluding hydrogens is 288 g/mol. The Morgan fingerprint density at radius 2 is 1.76 bits per heavy atom. The number of hydrogen-bond donors (Lipinski definition) is 0. The van der Waals surface area contributed by atoms with Gasteiger partial charge in [-0.05, 0) is 11.4 Å². The second-order valence-electron chi connectivity index (χ2n) is 4.65. The Hall–Kier alpha value is -2.28. The van der Waals surface area contributed by atoms with Gasteiger partial charge in [0.25, 0.3) is 11.8 Å². The fraction of sp³-hybridized carbons (Fsp3) is 0.286. The lowest BCUT2D eigenvalue weighted by atomic mass is 10.2. The van der Waals surface area contributed by atoms with Crippen molar-refractivity contribution in [1.82, 2.24) is 19.8 Å². The first kappa shape index (κ1) is 13.7. The van der Waals surface area contributed by atoms with E-state index in [2.05, 4.69) is 9.97 Å². The highest BCUT2D eigenvalue weighted by Crippen LogP contribution is 2.14. The van der Waals surface area contributed by atoms with Crippen LogP contribution in [-0.2, 0) is 0 Å². The molecule has 0 spiro atoms. The zero-order valence-electron chi connectivity index (χ0n) is 11.3. The molecule has 7 heteroatoms. The molecule has 1 aliphatic rings. The Labute approximate surface area is 126 Å². The second kappa shape index (κ2) is 6.01. The third kappa shape index (κ3) is 2.92. The van der Waals surface area contributed by atoms with E-state index in [4.69, 9.17) is 0 Å². The van der Waals surface area contributed by atoms with Crippen LogP contribution in [0.5, 0.6) is 0 Å². The molecule has 1 fully saturated rings. The van der Waals surface area contributed by atoms with Crippen LogP contribution in [0, 0.1) is 0 Å². The Morgan fingerprint density at radius 3 is 2.33 bits per heavy atom. The number of thiophene rings is 1. The highest BCUT2D eigenvalue weighted by Gasteiger charge is 2.26. The quantitative estimate of drug-likeness (QED) is 0.834. The first-order valence-electron chi connectivity index (χ1n) is 6.64. The summed E-state index contributed by atoms with van der Waals surface area (Å²) in [4.78, 5) is 36.6. The summed E-state index contributed by atoms with van der Waals surface area (Å²) in [6, 6.07) is 3.69. The Morgan fingerprint density at radius 1 is 1.05 bits per heavy atom. The topological polar surface area (TPSA) is 66.4 Å². The van der Waals surface area contributed by atoms with Crippen molar-refractivity contribution in [3.8, 4) is 0 Å². The molecular formula is C14H14N4O2S. The van der Waals surface area contributed by atoms with Gasteiger partial charge in [0.2, 0.25) is 0 Å². The molecule has 108 valence electrons. The summed E-state index contributed by atoms with van der Waals surface area (Å²) >= 11 is 1.44. The van der Waals surface area contributed by atoms with E-state index >= 15 is 0 Å². The number of piperazine rings is 1.